The average Bonchev–Trinajstić information content (AvgIpc) is 2.36. The number of carbonyl (C=O) groups is 1. The zero-order chi connectivity index (χ0) is 14.8. The number of carbonyl (C=O) groups excluding carboxylic acids is 1. The van der Waals surface area contributed by atoms with Crippen LogP contribution in [0.5, 0.6) is 5.75 Å². The lowest BCUT2D eigenvalue weighted by Crippen LogP contribution is -2.61. The quantitative estimate of drug-likeness (QED) is 0.868. The van der Waals surface area contributed by atoms with Gasteiger partial charge >= 0.3 is 0 Å². The summed E-state index contributed by atoms with van der Waals surface area (Å²) < 4.78 is 18.5. The van der Waals surface area contributed by atoms with Crippen molar-refractivity contribution in [1.29, 1.82) is 0 Å². The molecule has 0 unspecified atom stereocenters. The van der Waals surface area contributed by atoms with Crippen molar-refractivity contribution in [1.82, 2.24) is 5.32 Å². The van der Waals surface area contributed by atoms with Gasteiger partial charge in [0, 0.05) is 0 Å². The molecule has 0 aromatic heterocycles. The molecule has 1 saturated carbocycles. The molecule has 2 rings (SSSR count). The number of amides is 1. The minimum absolute atomic E-state index is 0.0641. The van der Waals surface area contributed by atoms with Crippen LogP contribution in [0.1, 0.15) is 33.1 Å². The summed E-state index contributed by atoms with van der Waals surface area (Å²) in [5.74, 6) is -0.206. The van der Waals surface area contributed by atoms with Crippen LogP contribution in [0.3, 0.4) is 0 Å². The van der Waals surface area contributed by atoms with Gasteiger partial charge in [0.1, 0.15) is 11.6 Å². The summed E-state index contributed by atoms with van der Waals surface area (Å²) in [6, 6.07) is 5.53. The molecule has 0 spiro atoms. The van der Waals surface area contributed by atoms with Gasteiger partial charge in [-0.05, 0) is 57.4 Å². The largest absolute Gasteiger partial charge is 0.478 e. The molecule has 0 radical (unpaired) electrons. The molecule has 0 bridgehead atoms. The van der Waals surface area contributed by atoms with Crippen molar-refractivity contribution >= 4 is 5.91 Å². The fourth-order valence-electron chi connectivity index (χ4n) is 2.16. The van der Waals surface area contributed by atoms with E-state index in [9.17, 15) is 14.3 Å². The standard InChI is InChI=1S/C15H20FNO3/c1-14(2,20-12-6-4-11(16)5-7-12)13(19)17-15(10-18)8-3-9-15/h4-7,18H,3,8-10H2,1-2H3,(H,17,19). The summed E-state index contributed by atoms with van der Waals surface area (Å²) in [6.07, 6.45) is 2.56. The number of aliphatic hydroxyl groups is 1. The Morgan fingerprint density at radius 2 is 2.00 bits per heavy atom. The van der Waals surface area contributed by atoms with Crippen molar-refractivity contribution in [3.05, 3.63) is 30.1 Å². The highest BCUT2D eigenvalue weighted by Crippen LogP contribution is 2.32. The highest BCUT2D eigenvalue weighted by molar-refractivity contribution is 5.85. The second-order valence-corrected chi connectivity index (χ2v) is 5.81. The molecule has 0 heterocycles. The second-order valence-electron chi connectivity index (χ2n) is 5.81. The Bertz CT molecular complexity index is 475. The molecule has 5 heteroatoms. The highest BCUT2D eigenvalue weighted by atomic mass is 19.1. The average molecular weight is 281 g/mol. The van der Waals surface area contributed by atoms with Crippen LogP contribution >= 0.6 is 0 Å². The molecule has 4 nitrogen and oxygen atoms in total. The Balaban J connectivity index is 2.01. The van der Waals surface area contributed by atoms with E-state index in [1.54, 1.807) is 13.8 Å². The van der Waals surface area contributed by atoms with E-state index in [2.05, 4.69) is 5.32 Å². The van der Waals surface area contributed by atoms with Gasteiger partial charge in [-0.1, -0.05) is 0 Å². The predicted octanol–water partition coefficient (Wildman–Crippen LogP) is 2.01. The van der Waals surface area contributed by atoms with E-state index in [-0.39, 0.29) is 18.3 Å². The first-order valence-corrected chi connectivity index (χ1v) is 6.75. The molecule has 1 aromatic carbocycles. The first-order valence-electron chi connectivity index (χ1n) is 6.75. The second kappa shape index (κ2) is 5.40. The number of nitrogens with one attached hydrogen (secondary N) is 1. The number of benzene rings is 1. The zero-order valence-corrected chi connectivity index (χ0v) is 11.8. The van der Waals surface area contributed by atoms with E-state index in [1.165, 1.54) is 24.3 Å². The molecule has 20 heavy (non-hydrogen) atoms. The maximum absolute atomic E-state index is 12.8. The Kier molecular flexibility index (Phi) is 3.99. The van der Waals surface area contributed by atoms with Crippen LogP contribution < -0.4 is 10.1 Å². The molecule has 1 aromatic rings. The molecule has 110 valence electrons. The van der Waals surface area contributed by atoms with Gasteiger partial charge in [0.15, 0.2) is 5.60 Å². The van der Waals surface area contributed by atoms with Crippen LogP contribution in [0.4, 0.5) is 4.39 Å². The molecular weight excluding hydrogens is 261 g/mol. The van der Waals surface area contributed by atoms with Crippen LogP contribution in [0.15, 0.2) is 24.3 Å². The molecule has 1 fully saturated rings. The van der Waals surface area contributed by atoms with Crippen molar-refractivity contribution in [3.63, 3.8) is 0 Å². The molecular formula is C15H20FNO3. The third-order valence-electron chi connectivity index (χ3n) is 3.73. The molecule has 0 atom stereocenters. The Labute approximate surface area is 117 Å². The first-order chi connectivity index (χ1) is 9.37. The van der Waals surface area contributed by atoms with Gasteiger partial charge in [-0.15, -0.1) is 0 Å². The molecule has 0 saturated heterocycles. The minimum Gasteiger partial charge on any atom is -0.478 e. The summed E-state index contributed by atoms with van der Waals surface area (Å²) in [4.78, 5) is 12.3. The van der Waals surface area contributed by atoms with Crippen LogP contribution in [-0.2, 0) is 4.79 Å². The highest BCUT2D eigenvalue weighted by Gasteiger charge is 2.42. The van der Waals surface area contributed by atoms with Crippen LogP contribution in [0.2, 0.25) is 0 Å². The maximum atomic E-state index is 12.8. The van der Waals surface area contributed by atoms with E-state index >= 15 is 0 Å². The smallest absolute Gasteiger partial charge is 0.264 e. The van der Waals surface area contributed by atoms with E-state index in [4.69, 9.17) is 4.74 Å². The minimum atomic E-state index is -1.09. The van der Waals surface area contributed by atoms with Gasteiger partial charge in [-0.3, -0.25) is 4.79 Å². The van der Waals surface area contributed by atoms with Crippen LogP contribution in [0, 0.1) is 5.82 Å². The molecule has 0 aliphatic heterocycles. The Hall–Kier alpha value is -1.62. The summed E-state index contributed by atoms with van der Waals surface area (Å²) in [5, 5.41) is 12.2. The Morgan fingerprint density at radius 1 is 1.40 bits per heavy atom. The van der Waals surface area contributed by atoms with E-state index in [0.29, 0.717) is 5.75 Å². The lowest BCUT2D eigenvalue weighted by molar-refractivity contribution is -0.138. The topological polar surface area (TPSA) is 58.6 Å². The lowest BCUT2D eigenvalue weighted by Gasteiger charge is -2.42. The van der Waals surface area contributed by atoms with Crippen molar-refractivity contribution in [2.75, 3.05) is 6.61 Å². The number of hydrogen-bond donors (Lipinski definition) is 2. The van der Waals surface area contributed by atoms with Gasteiger partial charge in [0.2, 0.25) is 0 Å². The number of rotatable bonds is 5. The number of halogens is 1. The summed E-state index contributed by atoms with van der Waals surface area (Å²) >= 11 is 0. The van der Waals surface area contributed by atoms with Crippen molar-refractivity contribution < 1.29 is 19.0 Å². The van der Waals surface area contributed by atoms with Gasteiger partial charge < -0.3 is 15.2 Å². The van der Waals surface area contributed by atoms with Crippen molar-refractivity contribution in [2.24, 2.45) is 0 Å². The maximum Gasteiger partial charge on any atom is 0.264 e. The predicted molar refractivity (Wildman–Crippen MR) is 72.9 cm³/mol. The van der Waals surface area contributed by atoms with Crippen LogP contribution in [0.25, 0.3) is 0 Å². The van der Waals surface area contributed by atoms with Crippen molar-refractivity contribution in [3.8, 4) is 5.75 Å². The normalized spacial score (nSPS) is 17.2. The molecule has 1 aliphatic rings. The molecule has 1 amide bonds. The first kappa shape index (κ1) is 14.8. The van der Waals surface area contributed by atoms with E-state index in [0.717, 1.165) is 19.3 Å². The summed E-state index contributed by atoms with van der Waals surface area (Å²) in [5.41, 5.74) is -1.59. The zero-order valence-electron chi connectivity index (χ0n) is 11.8. The van der Waals surface area contributed by atoms with E-state index in [1.807, 2.05) is 0 Å². The van der Waals surface area contributed by atoms with Gasteiger partial charge in [0.05, 0.1) is 12.1 Å². The molecule has 2 N–H and O–H groups in total. The van der Waals surface area contributed by atoms with Crippen LogP contribution in [-0.4, -0.2) is 28.8 Å². The third kappa shape index (κ3) is 3.10. The number of hydrogen-bond acceptors (Lipinski definition) is 3. The summed E-state index contributed by atoms with van der Waals surface area (Å²) in [7, 11) is 0. The van der Waals surface area contributed by atoms with Gasteiger partial charge in [-0.25, -0.2) is 4.39 Å². The SMILES string of the molecule is CC(C)(Oc1ccc(F)cc1)C(=O)NC1(CO)CCC1. The van der Waals surface area contributed by atoms with Crippen molar-refractivity contribution in [2.45, 2.75) is 44.2 Å². The number of aliphatic hydroxyl groups excluding tert-OH is 1. The van der Waals surface area contributed by atoms with Gasteiger partial charge in [-0.2, -0.15) is 0 Å². The third-order valence-corrected chi connectivity index (χ3v) is 3.73. The fourth-order valence-corrected chi connectivity index (χ4v) is 2.16. The lowest BCUT2D eigenvalue weighted by atomic mass is 9.77. The Morgan fingerprint density at radius 3 is 2.45 bits per heavy atom. The van der Waals surface area contributed by atoms with E-state index < -0.39 is 11.1 Å². The number of ether oxygens (including phenoxy) is 1. The fraction of sp³-hybridized carbons (Fsp3) is 0.533. The van der Waals surface area contributed by atoms with Gasteiger partial charge in [0.25, 0.3) is 5.91 Å². The monoisotopic (exact) mass is 281 g/mol. The summed E-state index contributed by atoms with van der Waals surface area (Å²) in [6.45, 7) is 3.23. The molecule has 1 aliphatic carbocycles.